The van der Waals surface area contributed by atoms with Crippen molar-refractivity contribution in [3.8, 4) is 44.5 Å². The molecule has 25 rings (SSSR count). The first-order valence-electron chi connectivity index (χ1n) is 39.4. The van der Waals surface area contributed by atoms with Crippen LogP contribution >= 0.6 is 0 Å². The van der Waals surface area contributed by atoms with E-state index in [0.29, 0.717) is 0 Å². The molecular weight excluding hydrogens is 1350 g/mol. The standard InChI is InChI=1S/C58H36.C54H34/c1-5-20-42(21-6-1)57(43-22-7-2-8-23-43)50-33-40-17-14-13-16-39(40)32-47(50)48-35-52-49(36-51(48)57)56-46-31-30-38-19-15-18-37-28-29-41(55(46)54(37)38)34-53(56)58(52,44-24-9-3-10-25-44)45-26-11-4-12-27-45;1-5-18-38(19-6-1)53(39-20-7-2-8-21-39)46-27-14-13-26-42(46)44-33-48-45(34-47(44)53)52-43-31-30-36-17-15-16-35-28-29-37(51(43)50(35)36)32-49(52)54(48,40-22-9-3-10-23-40)41-24-11-4-12-25-41/h1-36H;1-34H. The zero-order valence-electron chi connectivity index (χ0n) is 61.4. The van der Waals surface area contributed by atoms with Gasteiger partial charge in [-0.2, -0.15) is 0 Å². The van der Waals surface area contributed by atoms with E-state index in [9.17, 15) is 0 Å². The summed E-state index contributed by atoms with van der Waals surface area (Å²) >= 11 is 0. The van der Waals surface area contributed by atoms with E-state index in [0.717, 1.165) is 0 Å². The van der Waals surface area contributed by atoms with Crippen molar-refractivity contribution in [2.75, 3.05) is 0 Å². The van der Waals surface area contributed by atoms with Gasteiger partial charge >= 0.3 is 0 Å². The Morgan fingerprint density at radius 2 is 0.366 bits per heavy atom. The Hall–Kier alpha value is -14.0. The first kappa shape index (κ1) is 62.9. The van der Waals surface area contributed by atoms with E-state index in [2.05, 4.69) is 425 Å². The van der Waals surface area contributed by atoms with E-state index in [1.54, 1.807) is 0 Å². The molecule has 4 aliphatic carbocycles. The van der Waals surface area contributed by atoms with E-state index in [-0.39, 0.29) is 0 Å². The molecule has 0 heterocycles. The maximum Gasteiger partial charge on any atom is 0.0714 e. The number of hydrogen-bond donors (Lipinski definition) is 0. The van der Waals surface area contributed by atoms with Crippen LogP contribution in [0.2, 0.25) is 0 Å². The maximum absolute atomic E-state index is 2.62. The minimum absolute atomic E-state index is 0.488. The third kappa shape index (κ3) is 8.24. The van der Waals surface area contributed by atoms with Crippen LogP contribution in [0.1, 0.15) is 89.0 Å². The molecule has 0 aromatic heterocycles. The summed E-state index contributed by atoms with van der Waals surface area (Å²) in [5.74, 6) is 0. The van der Waals surface area contributed by atoms with Crippen LogP contribution in [0.15, 0.2) is 425 Å². The SMILES string of the molecule is c1ccc(C2(c3ccccc3)c3cc4c(cc3-c3cc5ccccc5cc32)C(c2ccccc2)(c2ccccc2)c2cc3ccc5cccc6ccc(c2-4)c3c56)cc1.c1ccc(C2(c3ccccc3)c3ccccc3-c3cc4c(cc32)-c2c(cc3ccc5cccc6ccc2c3c56)C4(c2ccccc2)c2ccccc2)cc1. The highest BCUT2D eigenvalue weighted by molar-refractivity contribution is 6.29. The lowest BCUT2D eigenvalue weighted by Gasteiger charge is -2.35. The van der Waals surface area contributed by atoms with Crippen molar-refractivity contribution in [2.24, 2.45) is 0 Å². The number of hydrogen-bond acceptors (Lipinski definition) is 0. The monoisotopic (exact) mass is 1410 g/mol. The zero-order valence-corrected chi connectivity index (χ0v) is 61.4. The van der Waals surface area contributed by atoms with Crippen molar-refractivity contribution >= 4 is 75.4 Å². The number of rotatable bonds is 8. The summed E-state index contributed by atoms with van der Waals surface area (Å²) in [6.45, 7) is 0. The topological polar surface area (TPSA) is 0 Å². The van der Waals surface area contributed by atoms with Gasteiger partial charge in [-0.15, -0.1) is 0 Å². The molecule has 0 fully saturated rings. The van der Waals surface area contributed by atoms with Gasteiger partial charge in [-0.05, 0) is 257 Å². The highest BCUT2D eigenvalue weighted by Gasteiger charge is 2.55. The van der Waals surface area contributed by atoms with Gasteiger partial charge in [-0.3, -0.25) is 0 Å². The lowest BCUT2D eigenvalue weighted by molar-refractivity contribution is 0.759. The quantitative estimate of drug-likeness (QED) is 0.133. The predicted octanol–water partition coefficient (Wildman–Crippen LogP) is 27.8. The van der Waals surface area contributed by atoms with E-state index in [4.69, 9.17) is 0 Å². The lowest BCUT2D eigenvalue weighted by Crippen LogP contribution is -2.30. The van der Waals surface area contributed by atoms with Crippen LogP contribution in [-0.2, 0) is 21.7 Å². The summed E-state index contributed by atoms with van der Waals surface area (Å²) < 4.78 is 0. The lowest BCUT2D eigenvalue weighted by atomic mass is 9.65. The zero-order chi connectivity index (χ0) is 73.4. The van der Waals surface area contributed by atoms with Gasteiger partial charge < -0.3 is 0 Å². The van der Waals surface area contributed by atoms with Gasteiger partial charge in [-0.25, -0.2) is 0 Å². The Morgan fingerprint density at radius 3 is 0.741 bits per heavy atom. The average Bonchev–Trinajstić information content (AvgIpc) is 1.50. The highest BCUT2D eigenvalue weighted by atomic mass is 14.6. The fourth-order valence-corrected chi connectivity index (χ4v) is 22.2. The van der Waals surface area contributed by atoms with Crippen molar-refractivity contribution in [1.82, 2.24) is 0 Å². The van der Waals surface area contributed by atoms with Gasteiger partial charge in [0.25, 0.3) is 0 Å². The molecule has 0 heteroatoms. The molecule has 0 aliphatic heterocycles. The molecule has 0 spiro atoms. The van der Waals surface area contributed by atoms with E-state index >= 15 is 0 Å². The summed E-state index contributed by atoms with van der Waals surface area (Å²) in [5, 5.41) is 18.3. The molecule has 0 amide bonds. The number of fused-ring (bicyclic) bond motifs is 15. The molecule has 0 saturated heterocycles. The molecule has 0 bridgehead atoms. The average molecular weight is 1420 g/mol. The predicted molar refractivity (Wildman–Crippen MR) is 467 cm³/mol. The van der Waals surface area contributed by atoms with Gasteiger partial charge in [0.15, 0.2) is 0 Å². The minimum atomic E-state index is -0.561. The third-order valence-electron chi connectivity index (χ3n) is 26.4. The van der Waals surface area contributed by atoms with Gasteiger partial charge in [0.05, 0.1) is 21.7 Å². The molecule has 0 atom stereocenters. The second kappa shape index (κ2) is 23.7. The largest absolute Gasteiger partial charge is 0.0714 e. The van der Waals surface area contributed by atoms with Crippen molar-refractivity contribution < 1.29 is 0 Å². The summed E-state index contributed by atoms with van der Waals surface area (Å²) in [6, 6.07) is 161. The van der Waals surface area contributed by atoms with E-state index in [1.807, 2.05) is 0 Å². The summed E-state index contributed by atoms with van der Waals surface area (Å²) in [5.41, 5.74) is 29.4. The number of benzene rings is 21. The van der Waals surface area contributed by atoms with Crippen LogP contribution in [0.25, 0.3) is 120 Å². The van der Waals surface area contributed by atoms with Crippen molar-refractivity contribution in [1.29, 1.82) is 0 Å². The van der Waals surface area contributed by atoms with Crippen molar-refractivity contribution in [3.63, 3.8) is 0 Å². The maximum atomic E-state index is 2.62. The van der Waals surface area contributed by atoms with Crippen LogP contribution < -0.4 is 0 Å². The molecule has 4 aliphatic rings. The summed E-state index contributed by atoms with van der Waals surface area (Å²) in [7, 11) is 0. The van der Waals surface area contributed by atoms with Gasteiger partial charge in [-0.1, -0.05) is 376 Å². The Morgan fingerprint density at radius 1 is 0.125 bits per heavy atom. The molecule has 112 heavy (non-hydrogen) atoms. The van der Waals surface area contributed by atoms with Crippen LogP contribution in [-0.4, -0.2) is 0 Å². The smallest absolute Gasteiger partial charge is 0.0622 e. The molecule has 0 N–H and O–H groups in total. The fourth-order valence-electron chi connectivity index (χ4n) is 22.2. The highest BCUT2D eigenvalue weighted by Crippen LogP contribution is 2.67. The second-order valence-corrected chi connectivity index (χ2v) is 31.4. The molecule has 0 saturated carbocycles. The summed E-state index contributed by atoms with van der Waals surface area (Å²) in [6.07, 6.45) is 0. The molecule has 0 unspecified atom stereocenters. The Labute approximate surface area is 650 Å². The van der Waals surface area contributed by atoms with Crippen LogP contribution in [0, 0.1) is 0 Å². The first-order chi connectivity index (χ1) is 55.5. The Bertz CT molecular complexity index is 7180. The van der Waals surface area contributed by atoms with E-state index in [1.165, 1.54) is 209 Å². The molecule has 21 aromatic rings. The van der Waals surface area contributed by atoms with E-state index < -0.39 is 21.7 Å². The first-order valence-corrected chi connectivity index (χ1v) is 39.4. The Balaban J connectivity index is 0.000000131. The normalized spacial score (nSPS) is 14.5. The van der Waals surface area contributed by atoms with Crippen LogP contribution in [0.5, 0.6) is 0 Å². The molecule has 0 radical (unpaired) electrons. The second-order valence-electron chi connectivity index (χ2n) is 31.4. The molecule has 518 valence electrons. The molecular formula is C112H70. The Kier molecular flexibility index (Phi) is 13.3. The van der Waals surface area contributed by atoms with Crippen LogP contribution in [0.3, 0.4) is 0 Å². The fraction of sp³-hybridized carbons (Fsp3) is 0.0357. The van der Waals surface area contributed by atoms with Gasteiger partial charge in [0.2, 0.25) is 0 Å². The van der Waals surface area contributed by atoms with Gasteiger partial charge in [0.1, 0.15) is 0 Å². The van der Waals surface area contributed by atoms with Gasteiger partial charge in [0, 0.05) is 0 Å². The summed E-state index contributed by atoms with van der Waals surface area (Å²) in [4.78, 5) is 0. The van der Waals surface area contributed by atoms with Crippen LogP contribution in [0.4, 0.5) is 0 Å². The molecule has 0 nitrogen and oxygen atoms in total. The molecule has 21 aromatic carbocycles. The van der Waals surface area contributed by atoms with Crippen molar-refractivity contribution in [2.45, 2.75) is 21.7 Å². The van der Waals surface area contributed by atoms with Crippen molar-refractivity contribution in [3.05, 3.63) is 514 Å². The minimum Gasteiger partial charge on any atom is -0.0622 e. The third-order valence-corrected chi connectivity index (χ3v) is 26.4.